The van der Waals surface area contributed by atoms with Crippen LogP contribution in [0.25, 0.3) is 32.9 Å². The number of ether oxygens (including phenoxy) is 3. The van der Waals surface area contributed by atoms with Gasteiger partial charge in [0.25, 0.3) is 5.91 Å². The first-order valence-corrected chi connectivity index (χ1v) is 17.2. The molecule has 0 spiro atoms. The second kappa shape index (κ2) is 13.7. The number of amides is 1. The minimum atomic E-state index is -3.82. The van der Waals surface area contributed by atoms with Gasteiger partial charge in [0.1, 0.15) is 0 Å². The van der Waals surface area contributed by atoms with Gasteiger partial charge in [0, 0.05) is 37.1 Å². The van der Waals surface area contributed by atoms with Crippen LogP contribution in [0, 0.1) is 0 Å². The molecule has 2 aliphatic rings. The molecule has 0 bridgehead atoms. The Hall–Kier alpha value is -4.88. The van der Waals surface area contributed by atoms with Crippen molar-refractivity contribution in [3.05, 3.63) is 96.6 Å². The van der Waals surface area contributed by atoms with E-state index in [9.17, 15) is 18.0 Å². The van der Waals surface area contributed by atoms with Crippen molar-refractivity contribution in [2.24, 2.45) is 0 Å². The van der Waals surface area contributed by atoms with Gasteiger partial charge in [-0.2, -0.15) is 4.31 Å². The van der Waals surface area contributed by atoms with Gasteiger partial charge in [0.05, 0.1) is 59.5 Å². The van der Waals surface area contributed by atoms with Crippen molar-refractivity contribution in [2.45, 2.75) is 4.90 Å². The molecule has 3 heterocycles. The van der Waals surface area contributed by atoms with E-state index < -0.39 is 28.5 Å². The van der Waals surface area contributed by atoms with Crippen molar-refractivity contribution in [1.82, 2.24) is 9.29 Å². The summed E-state index contributed by atoms with van der Waals surface area (Å²) < 4.78 is 44.7. The number of hydrogen-bond donors (Lipinski definition) is 1. The number of pyridine rings is 1. The molecule has 0 radical (unpaired) electrons. The molecule has 48 heavy (non-hydrogen) atoms. The lowest BCUT2D eigenvalue weighted by atomic mass is 9.99. The lowest BCUT2D eigenvalue weighted by Gasteiger charge is -2.31. The summed E-state index contributed by atoms with van der Waals surface area (Å²) in [4.78, 5) is 33.8. The molecule has 0 unspecified atom stereocenters. The molecule has 12 heteroatoms. The number of rotatable bonds is 8. The Morgan fingerprint density at radius 2 is 1.48 bits per heavy atom. The van der Waals surface area contributed by atoms with Crippen molar-refractivity contribution in [3.8, 4) is 11.3 Å². The summed E-state index contributed by atoms with van der Waals surface area (Å²) in [6.07, 6.45) is 0. The van der Waals surface area contributed by atoms with E-state index in [1.54, 1.807) is 24.3 Å². The van der Waals surface area contributed by atoms with Gasteiger partial charge >= 0.3 is 5.97 Å². The number of hydrogen-bond acceptors (Lipinski definition) is 9. The third-order valence-corrected chi connectivity index (χ3v) is 10.4. The van der Waals surface area contributed by atoms with Gasteiger partial charge in [-0.3, -0.25) is 4.79 Å². The normalized spacial score (nSPS) is 15.8. The average Bonchev–Trinajstić information content (AvgIpc) is 3.14. The fraction of sp³-hybridized carbons (Fsp3) is 0.250. The molecule has 0 saturated carbocycles. The SMILES string of the molecule is O=C(COC(=O)c1cc(-c2cccc3ccccc23)nc2ccccc12)Nc1cc(S(=O)(=O)N2CCOCC2)ccc1N1CCOCC1. The van der Waals surface area contributed by atoms with Gasteiger partial charge in [0.2, 0.25) is 10.0 Å². The Morgan fingerprint density at radius 3 is 2.27 bits per heavy atom. The third kappa shape index (κ3) is 6.47. The lowest BCUT2D eigenvalue weighted by molar-refractivity contribution is -0.119. The molecule has 1 amide bonds. The highest BCUT2D eigenvalue weighted by Gasteiger charge is 2.28. The van der Waals surface area contributed by atoms with E-state index in [4.69, 9.17) is 19.2 Å². The highest BCUT2D eigenvalue weighted by atomic mass is 32.2. The van der Waals surface area contributed by atoms with Crippen molar-refractivity contribution in [1.29, 1.82) is 0 Å². The first kappa shape index (κ1) is 31.7. The summed E-state index contributed by atoms with van der Waals surface area (Å²) in [5, 5.41) is 5.45. The average molecular weight is 667 g/mol. The highest BCUT2D eigenvalue weighted by molar-refractivity contribution is 7.89. The van der Waals surface area contributed by atoms with Gasteiger partial charge in [-0.25, -0.2) is 18.2 Å². The number of para-hydroxylation sites is 1. The molecule has 11 nitrogen and oxygen atoms in total. The van der Waals surface area contributed by atoms with Gasteiger partial charge in [-0.05, 0) is 41.1 Å². The smallest absolute Gasteiger partial charge is 0.339 e. The van der Waals surface area contributed by atoms with Crippen molar-refractivity contribution >= 4 is 54.9 Å². The number of benzene rings is 4. The molecule has 2 fully saturated rings. The quantitative estimate of drug-likeness (QED) is 0.234. The molecule has 1 N–H and O–H groups in total. The second-order valence-corrected chi connectivity index (χ2v) is 13.5. The maximum Gasteiger partial charge on any atom is 0.339 e. The molecule has 0 atom stereocenters. The minimum Gasteiger partial charge on any atom is -0.452 e. The van der Waals surface area contributed by atoms with E-state index in [2.05, 4.69) is 5.32 Å². The van der Waals surface area contributed by atoms with E-state index >= 15 is 0 Å². The van der Waals surface area contributed by atoms with Crippen molar-refractivity contribution in [3.63, 3.8) is 0 Å². The van der Waals surface area contributed by atoms with Gasteiger partial charge in [0.15, 0.2) is 6.61 Å². The summed E-state index contributed by atoms with van der Waals surface area (Å²) in [5.41, 5.74) is 3.33. The van der Waals surface area contributed by atoms with Gasteiger partial charge in [-0.1, -0.05) is 60.7 Å². The van der Waals surface area contributed by atoms with Crippen LogP contribution in [-0.4, -0.2) is 88.8 Å². The zero-order valence-electron chi connectivity index (χ0n) is 26.1. The van der Waals surface area contributed by atoms with Crippen LogP contribution in [0.3, 0.4) is 0 Å². The summed E-state index contributed by atoms with van der Waals surface area (Å²) in [5.74, 6) is -1.28. The number of nitrogens with one attached hydrogen (secondary N) is 1. The van der Waals surface area contributed by atoms with Crippen molar-refractivity contribution < 1.29 is 32.2 Å². The van der Waals surface area contributed by atoms with Crippen LogP contribution in [0.15, 0.2) is 95.9 Å². The molecule has 5 aromatic rings. The molecule has 2 aliphatic heterocycles. The van der Waals surface area contributed by atoms with Gasteiger partial charge < -0.3 is 24.4 Å². The first-order chi connectivity index (χ1) is 23.4. The zero-order valence-corrected chi connectivity index (χ0v) is 26.9. The number of morpholine rings is 2. The maximum atomic E-state index is 13.6. The molecule has 7 rings (SSSR count). The van der Waals surface area contributed by atoms with Crippen molar-refractivity contribution in [2.75, 3.05) is 69.4 Å². The van der Waals surface area contributed by atoms with Crippen LogP contribution in [0.2, 0.25) is 0 Å². The number of anilines is 2. The van der Waals surface area contributed by atoms with E-state index in [0.29, 0.717) is 67.5 Å². The molecule has 2 saturated heterocycles. The Labute approximate surface area is 278 Å². The molecular formula is C36H34N4O7S. The fourth-order valence-corrected chi connectivity index (χ4v) is 7.55. The number of carbonyl (C=O) groups is 2. The van der Waals surface area contributed by atoms with Crippen LogP contribution in [0.1, 0.15) is 10.4 Å². The Morgan fingerprint density at radius 1 is 0.792 bits per heavy atom. The number of nitrogens with zero attached hydrogens (tertiary/aromatic N) is 3. The molecule has 246 valence electrons. The summed E-state index contributed by atoms with van der Waals surface area (Å²) in [7, 11) is -3.82. The van der Waals surface area contributed by atoms with Crippen LogP contribution in [-0.2, 0) is 29.0 Å². The Bertz CT molecular complexity index is 2100. The van der Waals surface area contributed by atoms with Crippen LogP contribution < -0.4 is 10.2 Å². The second-order valence-electron chi connectivity index (χ2n) is 11.5. The predicted molar refractivity (Wildman–Crippen MR) is 183 cm³/mol. The Kier molecular flexibility index (Phi) is 9.04. The summed E-state index contributed by atoms with van der Waals surface area (Å²) in [6.45, 7) is 2.69. The number of carbonyl (C=O) groups excluding carboxylic acids is 2. The number of aromatic nitrogens is 1. The van der Waals surface area contributed by atoms with Crippen LogP contribution >= 0.6 is 0 Å². The molecule has 0 aliphatic carbocycles. The topological polar surface area (TPSA) is 127 Å². The Balaban J connectivity index is 1.14. The maximum absolute atomic E-state index is 13.6. The monoisotopic (exact) mass is 666 g/mol. The third-order valence-electron chi connectivity index (χ3n) is 8.54. The van der Waals surface area contributed by atoms with E-state index in [1.165, 1.54) is 10.4 Å². The van der Waals surface area contributed by atoms with E-state index in [-0.39, 0.29) is 23.5 Å². The molecule has 4 aromatic carbocycles. The summed E-state index contributed by atoms with van der Waals surface area (Å²) in [6, 6.07) is 27.6. The van der Waals surface area contributed by atoms with Crippen LogP contribution in [0.4, 0.5) is 11.4 Å². The van der Waals surface area contributed by atoms with Gasteiger partial charge in [-0.15, -0.1) is 0 Å². The zero-order chi connectivity index (χ0) is 33.1. The highest BCUT2D eigenvalue weighted by Crippen LogP contribution is 2.33. The number of fused-ring (bicyclic) bond motifs is 2. The van der Waals surface area contributed by atoms with Crippen LogP contribution in [0.5, 0.6) is 0 Å². The van der Waals surface area contributed by atoms with E-state index in [0.717, 1.165) is 16.3 Å². The minimum absolute atomic E-state index is 0.0536. The summed E-state index contributed by atoms with van der Waals surface area (Å²) >= 11 is 0. The predicted octanol–water partition coefficient (Wildman–Crippen LogP) is 4.71. The largest absolute Gasteiger partial charge is 0.452 e. The first-order valence-electron chi connectivity index (χ1n) is 15.8. The standard InChI is InChI=1S/C36H34N4O7S/c41-35(38-33-22-26(48(43,44)40-16-20-46-21-17-40)12-13-34(33)39-14-18-45-19-15-39)24-47-36(42)30-23-32(37-31-11-4-3-9-29(30)31)28-10-5-7-25-6-1-2-8-27(25)28/h1-13,22-23H,14-21,24H2,(H,38,41). The lowest BCUT2D eigenvalue weighted by Crippen LogP contribution is -2.40. The molecule has 1 aromatic heterocycles. The number of esters is 1. The number of sulfonamides is 1. The van der Waals surface area contributed by atoms with E-state index in [1.807, 2.05) is 65.6 Å². The fourth-order valence-electron chi connectivity index (χ4n) is 6.12. The molecular weight excluding hydrogens is 632 g/mol.